The van der Waals surface area contributed by atoms with E-state index in [1.807, 2.05) is 52.9 Å². The molecule has 0 bridgehead atoms. The first-order chi connectivity index (χ1) is 12.1. The number of aromatic nitrogens is 2. The maximum absolute atomic E-state index is 12.8. The van der Waals surface area contributed by atoms with Crippen LogP contribution in [0.2, 0.25) is 0 Å². The molecule has 0 aliphatic carbocycles. The number of aryl methyl sites for hydroxylation is 1. The molecule has 0 aliphatic rings. The molecule has 2 aromatic carbocycles. The van der Waals surface area contributed by atoms with E-state index in [1.165, 1.54) is 13.2 Å². The van der Waals surface area contributed by atoms with Crippen molar-refractivity contribution < 1.29 is 9.53 Å². The zero-order valence-corrected chi connectivity index (χ0v) is 13.9. The Morgan fingerprint density at radius 1 is 1.00 bits per heavy atom. The van der Waals surface area contributed by atoms with Gasteiger partial charge in [-0.2, -0.15) is 0 Å². The molecule has 2 aromatic heterocycles. The molecular weight excluding hydrogens is 316 g/mol. The summed E-state index contributed by atoms with van der Waals surface area (Å²) in [6.07, 6.45) is 3.13. The standard InChI is InChI=1S/C20H16N2O3/c1-21-19-14-8-4-3-7-13(14)17(11-12-18(23)25-2)22(19)16-10-6-5-9-15(16)20(21)24/h3-12H,1-2H3/b12-11+. The fourth-order valence-corrected chi connectivity index (χ4v) is 3.34. The molecule has 0 unspecified atom stereocenters. The van der Waals surface area contributed by atoms with Crippen LogP contribution in [0.15, 0.2) is 59.4 Å². The van der Waals surface area contributed by atoms with E-state index in [0.717, 1.165) is 27.6 Å². The van der Waals surface area contributed by atoms with Crippen molar-refractivity contribution in [2.75, 3.05) is 7.11 Å². The molecule has 4 rings (SSSR count). The van der Waals surface area contributed by atoms with E-state index in [0.29, 0.717) is 5.39 Å². The molecule has 0 N–H and O–H groups in total. The lowest BCUT2D eigenvalue weighted by molar-refractivity contribution is -0.134. The van der Waals surface area contributed by atoms with Crippen LogP contribution in [0.4, 0.5) is 0 Å². The van der Waals surface area contributed by atoms with Crippen LogP contribution in [0.25, 0.3) is 33.4 Å². The van der Waals surface area contributed by atoms with E-state index in [9.17, 15) is 9.59 Å². The van der Waals surface area contributed by atoms with Gasteiger partial charge in [0.2, 0.25) is 0 Å². The van der Waals surface area contributed by atoms with Gasteiger partial charge in [0, 0.05) is 23.9 Å². The molecular formula is C20H16N2O3. The third-order valence-electron chi connectivity index (χ3n) is 4.47. The topological polar surface area (TPSA) is 52.7 Å². The summed E-state index contributed by atoms with van der Waals surface area (Å²) in [5, 5.41) is 2.55. The molecule has 0 amide bonds. The normalized spacial score (nSPS) is 11.8. The van der Waals surface area contributed by atoms with Gasteiger partial charge in [0.05, 0.1) is 23.7 Å². The van der Waals surface area contributed by atoms with Crippen molar-refractivity contribution in [3.05, 3.63) is 70.7 Å². The third-order valence-corrected chi connectivity index (χ3v) is 4.47. The Hall–Kier alpha value is -3.34. The second kappa shape index (κ2) is 5.63. The van der Waals surface area contributed by atoms with Crippen LogP contribution in [0, 0.1) is 0 Å². The predicted molar refractivity (Wildman–Crippen MR) is 98.7 cm³/mol. The van der Waals surface area contributed by atoms with Gasteiger partial charge in [-0.05, 0) is 18.2 Å². The average molecular weight is 332 g/mol. The van der Waals surface area contributed by atoms with Gasteiger partial charge >= 0.3 is 5.97 Å². The Morgan fingerprint density at radius 3 is 2.36 bits per heavy atom. The summed E-state index contributed by atoms with van der Waals surface area (Å²) in [4.78, 5) is 24.4. The van der Waals surface area contributed by atoms with Crippen molar-refractivity contribution in [1.29, 1.82) is 0 Å². The maximum atomic E-state index is 12.8. The Bertz CT molecular complexity index is 1230. The number of ether oxygens (including phenoxy) is 1. The first-order valence-corrected chi connectivity index (χ1v) is 7.90. The highest BCUT2D eigenvalue weighted by Gasteiger charge is 2.16. The SMILES string of the molecule is COC(=O)/C=C/c1c2ccccc2c2n(C)c(=O)c3ccccc3n12. The fourth-order valence-electron chi connectivity index (χ4n) is 3.34. The van der Waals surface area contributed by atoms with Gasteiger partial charge in [0.25, 0.3) is 5.56 Å². The number of nitrogens with zero attached hydrogens (tertiary/aromatic N) is 2. The van der Waals surface area contributed by atoms with Crippen LogP contribution in [0.3, 0.4) is 0 Å². The van der Waals surface area contributed by atoms with Crippen LogP contribution in [-0.4, -0.2) is 22.0 Å². The molecule has 0 fully saturated rings. The van der Waals surface area contributed by atoms with Crippen LogP contribution >= 0.6 is 0 Å². The second-order valence-electron chi connectivity index (χ2n) is 5.83. The number of carbonyl (C=O) groups is 1. The summed E-state index contributed by atoms with van der Waals surface area (Å²) in [6.45, 7) is 0. The number of fused-ring (bicyclic) bond motifs is 5. The van der Waals surface area contributed by atoms with E-state index in [2.05, 4.69) is 0 Å². The van der Waals surface area contributed by atoms with Crippen LogP contribution in [0.5, 0.6) is 0 Å². The fraction of sp³-hybridized carbons (Fsp3) is 0.100. The summed E-state index contributed by atoms with van der Waals surface area (Å²) in [5.74, 6) is -0.423. The van der Waals surface area contributed by atoms with Crippen molar-refractivity contribution in [1.82, 2.24) is 8.97 Å². The number of hydrogen-bond acceptors (Lipinski definition) is 3. The molecule has 4 aromatic rings. The molecule has 0 spiro atoms. The van der Waals surface area contributed by atoms with Gasteiger partial charge < -0.3 is 4.74 Å². The minimum atomic E-state index is -0.423. The number of methoxy groups -OCH3 is 1. The quantitative estimate of drug-likeness (QED) is 0.419. The van der Waals surface area contributed by atoms with Crippen LogP contribution in [0.1, 0.15) is 5.69 Å². The smallest absolute Gasteiger partial charge is 0.330 e. The molecule has 124 valence electrons. The summed E-state index contributed by atoms with van der Waals surface area (Å²) in [5.41, 5.74) is 2.39. The Labute approximate surface area is 143 Å². The number of para-hydroxylation sites is 1. The van der Waals surface area contributed by atoms with Gasteiger partial charge in [-0.1, -0.05) is 36.4 Å². The molecule has 5 heteroatoms. The number of benzene rings is 2. The van der Waals surface area contributed by atoms with Gasteiger partial charge in [0.1, 0.15) is 5.65 Å². The number of rotatable bonds is 2. The Morgan fingerprint density at radius 2 is 1.64 bits per heavy atom. The lowest BCUT2D eigenvalue weighted by atomic mass is 10.2. The zero-order chi connectivity index (χ0) is 17.6. The van der Waals surface area contributed by atoms with Crippen molar-refractivity contribution in [3.8, 4) is 0 Å². The highest BCUT2D eigenvalue weighted by Crippen LogP contribution is 2.29. The molecule has 0 saturated heterocycles. The molecule has 0 saturated carbocycles. The van der Waals surface area contributed by atoms with Gasteiger partial charge in [0.15, 0.2) is 0 Å². The van der Waals surface area contributed by atoms with E-state index in [-0.39, 0.29) is 5.56 Å². The number of esters is 1. The second-order valence-corrected chi connectivity index (χ2v) is 5.83. The summed E-state index contributed by atoms with van der Waals surface area (Å²) in [7, 11) is 3.12. The van der Waals surface area contributed by atoms with E-state index < -0.39 is 5.97 Å². The molecule has 0 aliphatic heterocycles. The summed E-state index contributed by atoms with van der Waals surface area (Å²) >= 11 is 0. The summed E-state index contributed by atoms with van der Waals surface area (Å²) in [6, 6.07) is 15.3. The van der Waals surface area contributed by atoms with Gasteiger partial charge in [-0.15, -0.1) is 0 Å². The molecule has 2 heterocycles. The van der Waals surface area contributed by atoms with Crippen LogP contribution in [-0.2, 0) is 16.6 Å². The first kappa shape index (κ1) is 15.2. The summed E-state index contributed by atoms with van der Waals surface area (Å²) < 4.78 is 8.38. The van der Waals surface area contributed by atoms with E-state index in [1.54, 1.807) is 17.7 Å². The minimum absolute atomic E-state index is 0.0464. The molecule has 5 nitrogen and oxygen atoms in total. The van der Waals surface area contributed by atoms with Crippen molar-refractivity contribution in [3.63, 3.8) is 0 Å². The average Bonchev–Trinajstić information content (AvgIpc) is 2.98. The molecule has 0 radical (unpaired) electrons. The van der Waals surface area contributed by atoms with Crippen LogP contribution < -0.4 is 5.56 Å². The zero-order valence-electron chi connectivity index (χ0n) is 13.9. The highest BCUT2D eigenvalue weighted by atomic mass is 16.5. The van der Waals surface area contributed by atoms with E-state index >= 15 is 0 Å². The lowest BCUT2D eigenvalue weighted by Gasteiger charge is -2.09. The lowest BCUT2D eigenvalue weighted by Crippen LogP contribution is -2.19. The Balaban J connectivity index is 2.28. The minimum Gasteiger partial charge on any atom is -0.466 e. The Kier molecular flexibility index (Phi) is 3.42. The van der Waals surface area contributed by atoms with Crippen molar-refractivity contribution in [2.45, 2.75) is 0 Å². The van der Waals surface area contributed by atoms with Crippen molar-refractivity contribution in [2.24, 2.45) is 7.05 Å². The van der Waals surface area contributed by atoms with Gasteiger partial charge in [-0.25, -0.2) is 4.79 Å². The number of hydrogen-bond donors (Lipinski definition) is 0. The number of carbonyl (C=O) groups excluding carboxylic acids is 1. The predicted octanol–water partition coefficient (Wildman–Crippen LogP) is 3.13. The molecule has 0 atom stereocenters. The third kappa shape index (κ3) is 2.16. The largest absolute Gasteiger partial charge is 0.466 e. The van der Waals surface area contributed by atoms with Gasteiger partial charge in [-0.3, -0.25) is 13.8 Å². The monoisotopic (exact) mass is 332 g/mol. The highest BCUT2D eigenvalue weighted by molar-refractivity contribution is 6.05. The van der Waals surface area contributed by atoms with E-state index in [4.69, 9.17) is 4.74 Å². The first-order valence-electron chi connectivity index (χ1n) is 7.90. The maximum Gasteiger partial charge on any atom is 0.330 e. The van der Waals surface area contributed by atoms with Crippen molar-refractivity contribution >= 4 is 39.4 Å². The molecule has 25 heavy (non-hydrogen) atoms.